The van der Waals surface area contributed by atoms with Gasteiger partial charge in [-0.15, -0.1) is 0 Å². The van der Waals surface area contributed by atoms with E-state index in [0.29, 0.717) is 12.0 Å². The molecule has 1 heterocycles. The van der Waals surface area contributed by atoms with Crippen LogP contribution in [0.5, 0.6) is 0 Å². The number of nitrogens with one attached hydrogen (secondary N) is 1. The summed E-state index contributed by atoms with van der Waals surface area (Å²) in [5.41, 5.74) is 11.9. The highest BCUT2D eigenvalue weighted by Crippen LogP contribution is 2.29. The number of ketones is 2. The summed E-state index contributed by atoms with van der Waals surface area (Å²) in [5, 5.41) is 2.50. The van der Waals surface area contributed by atoms with E-state index in [1.54, 1.807) is 19.1 Å². The monoisotopic (exact) mass is 587 g/mol. The predicted octanol–water partition coefficient (Wildman–Crippen LogP) is 2.29. The Kier molecular flexibility index (Phi) is 12.4. The second kappa shape index (κ2) is 15.3. The SMILES string of the molecule is COC1/C=C\C=C(/C)C(=O)NC2=CC(=O)C(N)=C(C[C@@H](C)CC(OC)[C@H](OC(C)=O)[C@@H](C)/C=C(\C)C1OC(N)=O)C2=O. The van der Waals surface area contributed by atoms with Crippen molar-refractivity contribution < 1.29 is 42.9 Å². The molecule has 0 spiro atoms. The third kappa shape index (κ3) is 8.98. The van der Waals surface area contributed by atoms with E-state index in [-0.39, 0.29) is 34.9 Å². The van der Waals surface area contributed by atoms with Gasteiger partial charge in [-0.3, -0.25) is 19.2 Å². The molecule has 230 valence electrons. The van der Waals surface area contributed by atoms with E-state index >= 15 is 0 Å². The van der Waals surface area contributed by atoms with Crippen molar-refractivity contribution in [2.45, 2.75) is 71.9 Å². The maximum Gasteiger partial charge on any atom is 0.405 e. The summed E-state index contributed by atoms with van der Waals surface area (Å²) in [5.74, 6) is -2.97. The van der Waals surface area contributed by atoms with E-state index < -0.39 is 59.9 Å². The molecule has 12 nitrogen and oxygen atoms in total. The quantitative estimate of drug-likeness (QED) is 0.250. The number of methoxy groups -OCH3 is 2. The van der Waals surface area contributed by atoms with Gasteiger partial charge in [0.2, 0.25) is 11.6 Å². The van der Waals surface area contributed by atoms with Crippen LogP contribution in [0.15, 0.2) is 58.5 Å². The van der Waals surface area contributed by atoms with E-state index in [9.17, 15) is 24.0 Å². The Balaban J connectivity index is 2.67. The fraction of sp³-hybridized carbons (Fsp3) is 0.500. The minimum atomic E-state index is -1.02. The Morgan fingerprint density at radius 3 is 2.29 bits per heavy atom. The standard InChI is InChI=1S/C30H41N3O9/c1-15-11-20-25(31)22(35)14-21(26(20)36)33-29(37)16(2)9-8-10-23(39-6)27(42-30(32)38)17(3)13-18(4)28(41-19(5)34)24(12-15)40-7/h8-10,13-15,18,23-24,27-28H,11-12,31H2,1-7H3,(H2,32,38)(H,33,37)/b10-8-,16-9+,17-13+/t15-,18+,23?,24?,27?,28-/m1/s1. The molecule has 0 radical (unpaired) electrons. The van der Waals surface area contributed by atoms with Crippen molar-refractivity contribution >= 4 is 29.5 Å². The molecule has 2 aliphatic rings. The topological polar surface area (TPSA) is 186 Å². The summed E-state index contributed by atoms with van der Waals surface area (Å²) in [6, 6.07) is 0. The number of hydrogen-bond acceptors (Lipinski definition) is 10. The van der Waals surface area contributed by atoms with Crippen molar-refractivity contribution in [3.63, 3.8) is 0 Å². The van der Waals surface area contributed by atoms with Crippen LogP contribution in [0.4, 0.5) is 4.79 Å². The van der Waals surface area contributed by atoms with Crippen LogP contribution >= 0.6 is 0 Å². The molecule has 6 atom stereocenters. The number of ether oxygens (including phenoxy) is 4. The van der Waals surface area contributed by atoms with Crippen molar-refractivity contribution in [1.82, 2.24) is 5.32 Å². The summed E-state index contributed by atoms with van der Waals surface area (Å²) >= 11 is 0. The lowest BCUT2D eigenvalue weighted by Crippen LogP contribution is -2.39. The highest BCUT2D eigenvalue weighted by molar-refractivity contribution is 6.23. The highest BCUT2D eigenvalue weighted by Gasteiger charge is 2.34. The van der Waals surface area contributed by atoms with Gasteiger partial charge in [0, 0.05) is 44.3 Å². The molecule has 2 rings (SSSR count). The van der Waals surface area contributed by atoms with Gasteiger partial charge < -0.3 is 35.7 Å². The molecule has 0 saturated heterocycles. The molecule has 2 amide bonds. The number of carbonyl (C=O) groups is 5. The fourth-order valence-electron chi connectivity index (χ4n) is 4.97. The van der Waals surface area contributed by atoms with Gasteiger partial charge in [0.15, 0.2) is 6.10 Å². The van der Waals surface area contributed by atoms with Crippen molar-refractivity contribution in [2.75, 3.05) is 14.2 Å². The number of amides is 2. The minimum absolute atomic E-state index is 0.0850. The first-order valence-electron chi connectivity index (χ1n) is 13.5. The van der Waals surface area contributed by atoms with Crippen LogP contribution in [-0.2, 0) is 38.1 Å². The molecule has 1 aliphatic heterocycles. The molecule has 1 aliphatic carbocycles. The molecular weight excluding hydrogens is 546 g/mol. The molecule has 0 saturated carbocycles. The zero-order chi connectivity index (χ0) is 31.7. The number of esters is 1. The largest absolute Gasteiger partial charge is 0.459 e. The lowest BCUT2D eigenvalue weighted by molar-refractivity contribution is -0.157. The van der Waals surface area contributed by atoms with Crippen molar-refractivity contribution in [2.24, 2.45) is 23.3 Å². The average Bonchev–Trinajstić information content (AvgIpc) is 2.91. The maximum atomic E-state index is 13.3. The summed E-state index contributed by atoms with van der Waals surface area (Å²) in [4.78, 5) is 62.7. The van der Waals surface area contributed by atoms with Crippen LogP contribution in [0, 0.1) is 11.8 Å². The Bertz CT molecular complexity index is 1240. The molecule has 0 aromatic carbocycles. The molecule has 0 fully saturated rings. The van der Waals surface area contributed by atoms with Gasteiger partial charge in [0.25, 0.3) is 5.91 Å². The summed E-state index contributed by atoms with van der Waals surface area (Å²) in [7, 11) is 2.90. The molecule has 42 heavy (non-hydrogen) atoms. The van der Waals surface area contributed by atoms with Crippen LogP contribution in [-0.4, -0.2) is 68.2 Å². The Labute approximate surface area is 245 Å². The zero-order valence-corrected chi connectivity index (χ0v) is 25.1. The average molecular weight is 588 g/mol. The van der Waals surface area contributed by atoms with E-state index in [2.05, 4.69) is 5.32 Å². The van der Waals surface area contributed by atoms with Crippen molar-refractivity contribution in [1.29, 1.82) is 0 Å². The number of primary amides is 1. The molecule has 2 bridgehead atoms. The molecular formula is C30H41N3O9. The number of hydrogen-bond donors (Lipinski definition) is 3. The van der Waals surface area contributed by atoms with E-state index in [1.165, 1.54) is 40.2 Å². The van der Waals surface area contributed by atoms with Crippen LogP contribution in [0.1, 0.15) is 47.5 Å². The first-order valence-corrected chi connectivity index (χ1v) is 13.5. The Hall–Kier alpha value is -4.03. The Morgan fingerprint density at radius 1 is 1.05 bits per heavy atom. The van der Waals surface area contributed by atoms with E-state index in [0.717, 1.165) is 6.08 Å². The lowest BCUT2D eigenvalue weighted by Gasteiger charge is -2.32. The van der Waals surface area contributed by atoms with Crippen molar-refractivity contribution in [3.05, 3.63) is 58.5 Å². The van der Waals surface area contributed by atoms with Crippen LogP contribution in [0.25, 0.3) is 0 Å². The smallest absolute Gasteiger partial charge is 0.405 e. The van der Waals surface area contributed by atoms with Crippen LogP contribution in [0.3, 0.4) is 0 Å². The number of fused-ring (bicyclic) bond motifs is 2. The Morgan fingerprint density at radius 2 is 1.71 bits per heavy atom. The maximum absolute atomic E-state index is 13.3. The fourth-order valence-corrected chi connectivity index (χ4v) is 4.97. The number of rotatable bonds is 4. The van der Waals surface area contributed by atoms with Gasteiger partial charge in [-0.1, -0.05) is 38.2 Å². The molecule has 12 heteroatoms. The lowest BCUT2D eigenvalue weighted by atomic mass is 9.85. The summed E-state index contributed by atoms with van der Waals surface area (Å²) in [6.45, 7) is 8.20. The van der Waals surface area contributed by atoms with Gasteiger partial charge in [0.1, 0.15) is 12.2 Å². The van der Waals surface area contributed by atoms with Crippen molar-refractivity contribution in [3.8, 4) is 0 Å². The van der Waals surface area contributed by atoms with Gasteiger partial charge in [0.05, 0.1) is 17.5 Å². The van der Waals surface area contributed by atoms with Crippen LogP contribution < -0.4 is 16.8 Å². The van der Waals surface area contributed by atoms with E-state index in [1.807, 2.05) is 13.8 Å². The molecule has 0 aromatic rings. The van der Waals surface area contributed by atoms with Crippen LogP contribution in [0.2, 0.25) is 0 Å². The molecule has 5 N–H and O–H groups in total. The number of carbonyl (C=O) groups excluding carboxylic acids is 5. The summed E-state index contributed by atoms with van der Waals surface area (Å²) in [6.07, 6.45) is 3.62. The third-order valence-electron chi connectivity index (χ3n) is 7.10. The first kappa shape index (κ1) is 34.2. The molecule has 0 aromatic heterocycles. The highest BCUT2D eigenvalue weighted by atomic mass is 16.6. The molecule has 3 unspecified atom stereocenters. The zero-order valence-electron chi connectivity index (χ0n) is 25.1. The summed E-state index contributed by atoms with van der Waals surface area (Å²) < 4.78 is 22.4. The van der Waals surface area contributed by atoms with Gasteiger partial charge in [-0.05, 0) is 38.2 Å². The van der Waals surface area contributed by atoms with Gasteiger partial charge in [-0.2, -0.15) is 0 Å². The second-order valence-corrected chi connectivity index (χ2v) is 10.6. The van der Waals surface area contributed by atoms with E-state index in [4.69, 9.17) is 30.4 Å². The number of nitrogens with two attached hydrogens (primary N) is 2. The van der Waals surface area contributed by atoms with Gasteiger partial charge in [-0.25, -0.2) is 4.79 Å². The first-order chi connectivity index (χ1) is 19.7. The minimum Gasteiger partial charge on any atom is -0.459 e. The second-order valence-electron chi connectivity index (χ2n) is 10.6. The van der Waals surface area contributed by atoms with Gasteiger partial charge >= 0.3 is 12.1 Å². The third-order valence-corrected chi connectivity index (χ3v) is 7.10. The predicted molar refractivity (Wildman–Crippen MR) is 153 cm³/mol. The number of Topliss-reactive ketones (excluding diaryl/α,β-unsaturated/α-hetero) is 1. The normalized spacial score (nSPS) is 31.6. The number of allylic oxidation sites excluding steroid dienone is 4.